The van der Waals surface area contributed by atoms with Crippen LogP contribution in [0.1, 0.15) is 24.3 Å². The molecule has 4 heteroatoms. The Balaban J connectivity index is 2.30. The third-order valence-electron chi connectivity index (χ3n) is 3.08. The summed E-state index contributed by atoms with van der Waals surface area (Å²) in [5, 5.41) is 3.36. The van der Waals surface area contributed by atoms with E-state index in [0.29, 0.717) is 11.8 Å². The van der Waals surface area contributed by atoms with Gasteiger partial charge in [-0.3, -0.25) is 0 Å². The van der Waals surface area contributed by atoms with Gasteiger partial charge < -0.3 is 14.8 Å². The number of nitrogens with one attached hydrogen (secondary N) is 1. The molecule has 16 heavy (non-hydrogen) atoms. The highest BCUT2D eigenvalue weighted by Gasteiger charge is 2.21. The zero-order chi connectivity index (χ0) is 11.4. The molecule has 4 nitrogen and oxygen atoms in total. The Bertz CT molecular complexity index is 349. The minimum absolute atomic E-state index is 0.549. The van der Waals surface area contributed by atoms with Gasteiger partial charge in [0.1, 0.15) is 0 Å². The zero-order valence-corrected chi connectivity index (χ0v) is 9.82. The van der Waals surface area contributed by atoms with Crippen LogP contribution >= 0.6 is 0 Å². The molecule has 1 aromatic heterocycles. The molecule has 0 bridgehead atoms. The Morgan fingerprint density at radius 2 is 2.00 bits per heavy atom. The van der Waals surface area contributed by atoms with Crippen molar-refractivity contribution in [2.45, 2.75) is 18.8 Å². The van der Waals surface area contributed by atoms with E-state index in [1.807, 2.05) is 6.07 Å². The number of hydrogen-bond acceptors (Lipinski definition) is 4. The summed E-state index contributed by atoms with van der Waals surface area (Å²) in [6.45, 7) is 2.14. The molecule has 1 fully saturated rings. The smallest absolute Gasteiger partial charge is 0.256 e. The van der Waals surface area contributed by atoms with Crippen molar-refractivity contribution in [1.82, 2.24) is 10.3 Å². The molecule has 0 amide bonds. The first kappa shape index (κ1) is 11.2. The predicted octanol–water partition coefficient (Wildman–Crippen LogP) is 1.57. The molecule has 0 atom stereocenters. The molecule has 0 radical (unpaired) electrons. The van der Waals surface area contributed by atoms with Crippen molar-refractivity contribution in [3.8, 4) is 11.6 Å². The summed E-state index contributed by atoms with van der Waals surface area (Å²) >= 11 is 0. The lowest BCUT2D eigenvalue weighted by atomic mass is 9.90. The molecule has 1 saturated heterocycles. The lowest BCUT2D eigenvalue weighted by Crippen LogP contribution is -2.26. The molecule has 1 aliphatic rings. The van der Waals surface area contributed by atoms with Crippen LogP contribution in [0.5, 0.6) is 11.6 Å². The summed E-state index contributed by atoms with van der Waals surface area (Å²) in [4.78, 5) is 4.16. The van der Waals surface area contributed by atoms with Gasteiger partial charge in [-0.05, 0) is 37.9 Å². The molecular formula is C12H18N2O2. The second-order valence-electron chi connectivity index (χ2n) is 3.97. The highest BCUT2D eigenvalue weighted by Crippen LogP contribution is 2.37. The van der Waals surface area contributed by atoms with Crippen molar-refractivity contribution in [3.05, 3.63) is 17.8 Å². The molecule has 1 aromatic rings. The quantitative estimate of drug-likeness (QED) is 0.843. The third kappa shape index (κ3) is 2.11. The Morgan fingerprint density at radius 1 is 1.25 bits per heavy atom. The Hall–Kier alpha value is -1.29. The SMILES string of the molecule is COc1nccc(C2CCNCC2)c1OC. The van der Waals surface area contributed by atoms with Gasteiger partial charge in [0.25, 0.3) is 5.88 Å². The molecule has 0 saturated carbocycles. The number of rotatable bonds is 3. The minimum atomic E-state index is 0.549. The highest BCUT2D eigenvalue weighted by atomic mass is 16.5. The van der Waals surface area contributed by atoms with Crippen LogP contribution in [0.25, 0.3) is 0 Å². The number of hydrogen-bond donors (Lipinski definition) is 1. The summed E-state index contributed by atoms with van der Waals surface area (Å²) in [7, 11) is 3.29. The van der Waals surface area contributed by atoms with Gasteiger partial charge in [0, 0.05) is 11.8 Å². The van der Waals surface area contributed by atoms with E-state index in [4.69, 9.17) is 9.47 Å². The van der Waals surface area contributed by atoms with Crippen molar-refractivity contribution >= 4 is 0 Å². The number of methoxy groups -OCH3 is 2. The fourth-order valence-electron chi connectivity index (χ4n) is 2.25. The second kappa shape index (κ2) is 5.16. The maximum absolute atomic E-state index is 5.41. The molecular weight excluding hydrogens is 204 g/mol. The monoisotopic (exact) mass is 222 g/mol. The van der Waals surface area contributed by atoms with E-state index in [0.717, 1.165) is 31.7 Å². The summed E-state index contributed by atoms with van der Waals surface area (Å²) < 4.78 is 10.6. The molecule has 88 valence electrons. The fourth-order valence-corrected chi connectivity index (χ4v) is 2.25. The van der Waals surface area contributed by atoms with Crippen LogP contribution in [-0.4, -0.2) is 32.3 Å². The van der Waals surface area contributed by atoms with Crippen molar-refractivity contribution < 1.29 is 9.47 Å². The Morgan fingerprint density at radius 3 is 2.62 bits per heavy atom. The lowest BCUT2D eigenvalue weighted by Gasteiger charge is -2.24. The maximum atomic E-state index is 5.41. The van der Waals surface area contributed by atoms with Crippen LogP contribution in [0.15, 0.2) is 12.3 Å². The minimum Gasteiger partial charge on any atom is -0.491 e. The van der Waals surface area contributed by atoms with Crippen molar-refractivity contribution in [2.75, 3.05) is 27.3 Å². The maximum Gasteiger partial charge on any atom is 0.256 e. The summed E-state index contributed by atoms with van der Waals surface area (Å²) in [6, 6.07) is 2.04. The van der Waals surface area contributed by atoms with E-state index in [-0.39, 0.29) is 0 Å². The fraction of sp³-hybridized carbons (Fsp3) is 0.583. The first-order chi connectivity index (χ1) is 7.86. The first-order valence-corrected chi connectivity index (χ1v) is 5.64. The van der Waals surface area contributed by atoms with Gasteiger partial charge in [-0.25, -0.2) is 4.98 Å². The predicted molar refractivity (Wildman–Crippen MR) is 62.2 cm³/mol. The van der Waals surface area contributed by atoms with E-state index in [1.165, 1.54) is 5.56 Å². The Labute approximate surface area is 96.0 Å². The van der Waals surface area contributed by atoms with Crippen LogP contribution in [0.4, 0.5) is 0 Å². The molecule has 1 N–H and O–H groups in total. The Kier molecular flexibility index (Phi) is 3.62. The summed E-state index contributed by atoms with van der Waals surface area (Å²) in [6.07, 6.45) is 4.08. The largest absolute Gasteiger partial charge is 0.491 e. The van der Waals surface area contributed by atoms with Gasteiger partial charge in [-0.1, -0.05) is 0 Å². The normalized spacial score (nSPS) is 17.1. The van der Waals surface area contributed by atoms with E-state index in [9.17, 15) is 0 Å². The molecule has 0 aliphatic carbocycles. The van der Waals surface area contributed by atoms with Crippen LogP contribution in [-0.2, 0) is 0 Å². The summed E-state index contributed by atoms with van der Waals surface area (Å²) in [5.74, 6) is 1.92. The molecule has 2 heterocycles. The van der Waals surface area contributed by atoms with Gasteiger partial charge in [0.2, 0.25) is 0 Å². The molecule has 1 aliphatic heterocycles. The second-order valence-corrected chi connectivity index (χ2v) is 3.97. The number of nitrogens with zero attached hydrogens (tertiary/aromatic N) is 1. The zero-order valence-electron chi connectivity index (χ0n) is 9.82. The molecule has 2 rings (SSSR count). The average Bonchev–Trinajstić information content (AvgIpc) is 2.38. The van der Waals surface area contributed by atoms with Crippen LogP contribution in [0.3, 0.4) is 0 Å². The number of pyridine rings is 1. The van der Waals surface area contributed by atoms with E-state index in [2.05, 4.69) is 10.3 Å². The van der Waals surface area contributed by atoms with E-state index in [1.54, 1.807) is 20.4 Å². The van der Waals surface area contributed by atoms with Gasteiger partial charge in [0.15, 0.2) is 5.75 Å². The van der Waals surface area contributed by atoms with Crippen LogP contribution in [0.2, 0.25) is 0 Å². The van der Waals surface area contributed by atoms with Crippen molar-refractivity contribution in [2.24, 2.45) is 0 Å². The number of ether oxygens (including phenoxy) is 2. The van der Waals surface area contributed by atoms with Crippen LogP contribution < -0.4 is 14.8 Å². The summed E-state index contributed by atoms with van der Waals surface area (Å²) in [5.41, 5.74) is 1.22. The topological polar surface area (TPSA) is 43.4 Å². The molecule has 0 unspecified atom stereocenters. The first-order valence-electron chi connectivity index (χ1n) is 5.64. The third-order valence-corrected chi connectivity index (χ3v) is 3.08. The van der Waals surface area contributed by atoms with Crippen molar-refractivity contribution in [1.29, 1.82) is 0 Å². The van der Waals surface area contributed by atoms with E-state index >= 15 is 0 Å². The van der Waals surface area contributed by atoms with Gasteiger partial charge in [0.05, 0.1) is 14.2 Å². The molecule has 0 aromatic carbocycles. The van der Waals surface area contributed by atoms with Crippen LogP contribution in [0, 0.1) is 0 Å². The standard InChI is InChI=1S/C12H18N2O2/c1-15-11-10(5-8-14-12(11)16-2)9-3-6-13-7-4-9/h5,8-9,13H,3-4,6-7H2,1-2H3. The highest BCUT2D eigenvalue weighted by molar-refractivity contribution is 5.43. The number of aromatic nitrogens is 1. The van der Waals surface area contributed by atoms with Gasteiger partial charge in [-0.2, -0.15) is 0 Å². The van der Waals surface area contributed by atoms with E-state index < -0.39 is 0 Å². The average molecular weight is 222 g/mol. The van der Waals surface area contributed by atoms with Crippen molar-refractivity contribution in [3.63, 3.8) is 0 Å². The van der Waals surface area contributed by atoms with Gasteiger partial charge >= 0.3 is 0 Å². The molecule has 0 spiro atoms. The van der Waals surface area contributed by atoms with Gasteiger partial charge in [-0.15, -0.1) is 0 Å². The number of piperidine rings is 1. The lowest BCUT2D eigenvalue weighted by molar-refractivity contribution is 0.333.